The number of benzene rings is 2. The minimum absolute atomic E-state index is 0.0393. The van der Waals surface area contributed by atoms with E-state index in [1.165, 1.54) is 18.1 Å². The number of carbonyl (C=O) groups excluding carboxylic acids is 2. The molecule has 152 valence electrons. The number of hydrogen-bond donors (Lipinski definition) is 1. The molecule has 0 aliphatic carbocycles. The first-order valence-electron chi connectivity index (χ1n) is 9.23. The molecule has 2 aromatic rings. The number of ether oxygens (including phenoxy) is 2. The number of carbonyl (C=O) groups is 2. The second-order valence-electron chi connectivity index (χ2n) is 6.38. The van der Waals surface area contributed by atoms with Gasteiger partial charge in [-0.2, -0.15) is 0 Å². The van der Waals surface area contributed by atoms with Crippen LogP contribution in [0.5, 0.6) is 11.5 Å². The maximum atomic E-state index is 13.1. The fourth-order valence-electron chi connectivity index (χ4n) is 2.95. The maximum Gasteiger partial charge on any atom is 0.270 e. The smallest absolute Gasteiger partial charge is 0.270 e. The van der Waals surface area contributed by atoms with Crippen LogP contribution in [-0.4, -0.2) is 30.6 Å². The molecular weight excluding hydrogens is 400 g/mol. The molecule has 6 nitrogen and oxygen atoms in total. The van der Waals surface area contributed by atoms with Crippen LogP contribution in [0.2, 0.25) is 0 Å². The van der Waals surface area contributed by atoms with E-state index in [4.69, 9.17) is 28.1 Å². The second kappa shape index (κ2) is 9.25. The fraction of sp³-hybridized carbons (Fsp3) is 0.174. The van der Waals surface area contributed by atoms with E-state index in [1.54, 1.807) is 30.3 Å². The third kappa shape index (κ3) is 4.34. The van der Waals surface area contributed by atoms with E-state index in [0.717, 1.165) is 12.0 Å². The summed E-state index contributed by atoms with van der Waals surface area (Å²) >= 11 is 5.23. The van der Waals surface area contributed by atoms with E-state index in [1.807, 2.05) is 19.1 Å². The van der Waals surface area contributed by atoms with E-state index in [-0.39, 0.29) is 17.3 Å². The molecule has 0 aromatic heterocycles. The number of amides is 2. The van der Waals surface area contributed by atoms with Crippen molar-refractivity contribution in [2.75, 3.05) is 18.6 Å². The number of rotatable bonds is 6. The van der Waals surface area contributed by atoms with Crippen LogP contribution in [0.3, 0.4) is 0 Å². The lowest BCUT2D eigenvalue weighted by Gasteiger charge is -2.29. The highest BCUT2D eigenvalue weighted by atomic mass is 32.1. The van der Waals surface area contributed by atoms with Gasteiger partial charge in [-0.1, -0.05) is 31.0 Å². The van der Waals surface area contributed by atoms with Crippen LogP contribution in [0.25, 0.3) is 6.08 Å². The van der Waals surface area contributed by atoms with Crippen molar-refractivity contribution < 1.29 is 19.1 Å². The fourth-order valence-corrected chi connectivity index (χ4v) is 3.23. The normalized spacial score (nSPS) is 15.0. The summed E-state index contributed by atoms with van der Waals surface area (Å²) in [6.45, 7) is 2.14. The Morgan fingerprint density at radius 2 is 1.90 bits per heavy atom. The topological polar surface area (TPSA) is 67.9 Å². The summed E-state index contributed by atoms with van der Waals surface area (Å²) in [5, 5.41) is 2.62. The molecule has 1 aliphatic heterocycles. The molecule has 0 radical (unpaired) electrons. The largest absolute Gasteiger partial charge is 0.493 e. The Labute approximate surface area is 180 Å². The van der Waals surface area contributed by atoms with E-state index in [2.05, 4.69) is 11.2 Å². The van der Waals surface area contributed by atoms with Crippen molar-refractivity contribution in [3.63, 3.8) is 0 Å². The average molecular weight is 420 g/mol. The lowest BCUT2D eigenvalue weighted by Crippen LogP contribution is -2.54. The van der Waals surface area contributed by atoms with Gasteiger partial charge in [0.05, 0.1) is 12.8 Å². The lowest BCUT2D eigenvalue weighted by atomic mass is 10.1. The zero-order valence-electron chi connectivity index (χ0n) is 16.6. The molecule has 1 fully saturated rings. The van der Waals surface area contributed by atoms with Gasteiger partial charge in [0.1, 0.15) is 12.2 Å². The Hall–Kier alpha value is -3.63. The number of nitrogens with zero attached hydrogens (tertiary/aromatic N) is 1. The summed E-state index contributed by atoms with van der Waals surface area (Å²) in [5.41, 5.74) is 2.27. The van der Waals surface area contributed by atoms with Gasteiger partial charge in [-0.15, -0.1) is 6.42 Å². The summed E-state index contributed by atoms with van der Waals surface area (Å²) < 4.78 is 10.7. The van der Waals surface area contributed by atoms with Crippen LogP contribution in [0, 0.1) is 12.3 Å². The maximum absolute atomic E-state index is 13.1. The first-order chi connectivity index (χ1) is 14.5. The average Bonchev–Trinajstić information content (AvgIpc) is 2.75. The van der Waals surface area contributed by atoms with Gasteiger partial charge in [-0.3, -0.25) is 19.8 Å². The first kappa shape index (κ1) is 21.1. The number of anilines is 1. The molecule has 0 bridgehead atoms. The summed E-state index contributed by atoms with van der Waals surface area (Å²) in [7, 11) is 1.49. The number of nitrogens with one attached hydrogen (secondary N) is 1. The van der Waals surface area contributed by atoms with Crippen molar-refractivity contribution in [1.29, 1.82) is 0 Å². The van der Waals surface area contributed by atoms with Gasteiger partial charge in [-0.05, 0) is 60.1 Å². The molecule has 30 heavy (non-hydrogen) atoms. The Kier molecular flexibility index (Phi) is 6.50. The zero-order chi connectivity index (χ0) is 21.7. The van der Waals surface area contributed by atoms with Crippen LogP contribution >= 0.6 is 12.2 Å². The van der Waals surface area contributed by atoms with Crippen molar-refractivity contribution in [2.24, 2.45) is 0 Å². The molecule has 0 unspecified atom stereocenters. The van der Waals surface area contributed by atoms with Crippen LogP contribution in [0.15, 0.2) is 48.0 Å². The molecule has 0 spiro atoms. The highest BCUT2D eigenvalue weighted by Gasteiger charge is 2.34. The Morgan fingerprint density at radius 1 is 1.17 bits per heavy atom. The van der Waals surface area contributed by atoms with Gasteiger partial charge in [0, 0.05) is 0 Å². The van der Waals surface area contributed by atoms with Crippen molar-refractivity contribution >= 4 is 40.9 Å². The number of hydrogen-bond acceptors (Lipinski definition) is 5. The summed E-state index contributed by atoms with van der Waals surface area (Å²) in [6, 6.07) is 12.5. The molecule has 2 aromatic carbocycles. The monoisotopic (exact) mass is 420 g/mol. The molecule has 2 amide bonds. The van der Waals surface area contributed by atoms with E-state index in [0.29, 0.717) is 22.7 Å². The number of terminal acetylenes is 1. The molecule has 0 saturated carbocycles. The van der Waals surface area contributed by atoms with Crippen molar-refractivity contribution in [1.82, 2.24) is 5.32 Å². The Balaban J connectivity index is 1.95. The molecule has 1 heterocycles. The number of methoxy groups -OCH3 is 1. The minimum atomic E-state index is -0.557. The van der Waals surface area contributed by atoms with Gasteiger partial charge in [-0.25, -0.2) is 0 Å². The van der Waals surface area contributed by atoms with E-state index >= 15 is 0 Å². The van der Waals surface area contributed by atoms with Crippen LogP contribution in [-0.2, 0) is 16.0 Å². The summed E-state index contributed by atoms with van der Waals surface area (Å²) in [6.07, 6.45) is 7.58. The second-order valence-corrected chi connectivity index (χ2v) is 6.77. The number of aryl methyl sites for hydroxylation is 1. The Morgan fingerprint density at radius 3 is 2.53 bits per heavy atom. The van der Waals surface area contributed by atoms with Gasteiger partial charge in [0.15, 0.2) is 16.6 Å². The third-order valence-corrected chi connectivity index (χ3v) is 4.80. The zero-order valence-corrected chi connectivity index (χ0v) is 17.4. The highest BCUT2D eigenvalue weighted by molar-refractivity contribution is 7.80. The minimum Gasteiger partial charge on any atom is -0.493 e. The highest BCUT2D eigenvalue weighted by Crippen LogP contribution is 2.30. The van der Waals surface area contributed by atoms with Crippen LogP contribution in [0.1, 0.15) is 18.1 Å². The van der Waals surface area contributed by atoms with E-state index < -0.39 is 11.8 Å². The standard InChI is InChI=1S/C23H20N2O4S/c1-4-12-29-19-11-8-16(14-20(19)28-3)13-18-21(26)24-23(30)25(22(18)27)17-9-6-15(5-2)7-10-17/h1,6-11,13-14H,5,12H2,2-3H3,(H,24,26,30). The Bertz CT molecular complexity index is 1070. The lowest BCUT2D eigenvalue weighted by molar-refractivity contribution is -0.122. The summed E-state index contributed by atoms with van der Waals surface area (Å²) in [4.78, 5) is 26.9. The summed E-state index contributed by atoms with van der Waals surface area (Å²) in [5.74, 6) is 2.23. The van der Waals surface area contributed by atoms with Gasteiger partial charge in [0.25, 0.3) is 11.8 Å². The van der Waals surface area contributed by atoms with Crippen molar-refractivity contribution in [2.45, 2.75) is 13.3 Å². The molecule has 3 rings (SSSR count). The van der Waals surface area contributed by atoms with Crippen molar-refractivity contribution in [3.8, 4) is 23.8 Å². The molecule has 1 saturated heterocycles. The molecule has 1 aliphatic rings. The van der Waals surface area contributed by atoms with Gasteiger partial charge < -0.3 is 9.47 Å². The number of thiocarbonyl (C=S) groups is 1. The van der Waals surface area contributed by atoms with Gasteiger partial charge in [0.2, 0.25) is 0 Å². The SMILES string of the molecule is C#CCOc1ccc(C=C2C(=O)NC(=S)N(c3ccc(CC)cc3)C2=O)cc1OC. The van der Waals surface area contributed by atoms with Crippen LogP contribution < -0.4 is 19.7 Å². The third-order valence-electron chi connectivity index (χ3n) is 4.51. The predicted octanol–water partition coefficient (Wildman–Crippen LogP) is 3.10. The molecule has 7 heteroatoms. The molecule has 0 atom stereocenters. The van der Waals surface area contributed by atoms with Crippen molar-refractivity contribution in [3.05, 3.63) is 59.2 Å². The first-order valence-corrected chi connectivity index (χ1v) is 9.64. The predicted molar refractivity (Wildman–Crippen MR) is 119 cm³/mol. The van der Waals surface area contributed by atoms with Crippen LogP contribution in [0.4, 0.5) is 5.69 Å². The van der Waals surface area contributed by atoms with E-state index in [9.17, 15) is 9.59 Å². The quantitative estimate of drug-likeness (QED) is 0.337. The molecular formula is C23H20N2O4S. The molecule has 1 N–H and O–H groups in total. The van der Waals surface area contributed by atoms with Gasteiger partial charge >= 0.3 is 0 Å².